The Kier molecular flexibility index (Phi) is 10.8. The molecule has 15 heteroatoms. The summed E-state index contributed by atoms with van der Waals surface area (Å²) >= 11 is 1.78. The SMILES string of the molecule is O=C(O)C(F)(F)F.O=C(O)C(F)(F)F.c1cncc(CN2CCC3(CCN(Cc4nccs4)CC3)C2)c1. The van der Waals surface area contributed by atoms with Gasteiger partial charge in [-0.15, -0.1) is 11.3 Å². The molecule has 0 atom stereocenters. The summed E-state index contributed by atoms with van der Waals surface area (Å²) < 4.78 is 63.5. The summed E-state index contributed by atoms with van der Waals surface area (Å²) in [4.78, 5) is 31.6. The minimum absolute atomic E-state index is 0.557. The molecule has 2 aliphatic rings. The van der Waals surface area contributed by atoms with Gasteiger partial charge in [0.1, 0.15) is 5.01 Å². The van der Waals surface area contributed by atoms with Crippen molar-refractivity contribution in [1.29, 1.82) is 0 Å². The van der Waals surface area contributed by atoms with E-state index in [0.717, 1.165) is 13.1 Å². The number of thiazole rings is 1. The maximum Gasteiger partial charge on any atom is 0.490 e. The van der Waals surface area contributed by atoms with Gasteiger partial charge in [0.15, 0.2) is 0 Å². The van der Waals surface area contributed by atoms with E-state index in [4.69, 9.17) is 19.8 Å². The third-order valence-corrected chi connectivity index (χ3v) is 6.65. The number of halogens is 6. The van der Waals surface area contributed by atoms with E-state index in [0.29, 0.717) is 5.41 Å². The molecule has 0 aromatic carbocycles. The average Bonchev–Trinajstić information content (AvgIpc) is 3.46. The maximum absolute atomic E-state index is 10.6. The molecule has 8 nitrogen and oxygen atoms in total. The van der Waals surface area contributed by atoms with E-state index in [1.807, 2.05) is 24.7 Å². The van der Waals surface area contributed by atoms with E-state index in [2.05, 4.69) is 31.2 Å². The minimum atomic E-state index is -5.08. The lowest BCUT2D eigenvalue weighted by Gasteiger charge is -2.39. The zero-order chi connectivity index (χ0) is 27.7. The Morgan fingerprint density at radius 2 is 1.46 bits per heavy atom. The van der Waals surface area contributed by atoms with Crippen LogP contribution in [0.25, 0.3) is 0 Å². The van der Waals surface area contributed by atoms with Crippen molar-refractivity contribution in [2.24, 2.45) is 5.41 Å². The third kappa shape index (κ3) is 10.6. The van der Waals surface area contributed by atoms with Gasteiger partial charge in [-0.25, -0.2) is 14.6 Å². The average molecular weight is 557 g/mol. The lowest BCUT2D eigenvalue weighted by Crippen LogP contribution is -2.41. The molecule has 2 fully saturated rings. The highest BCUT2D eigenvalue weighted by Crippen LogP contribution is 2.41. The number of carbonyl (C=O) groups is 2. The van der Waals surface area contributed by atoms with E-state index in [9.17, 15) is 26.3 Å². The number of carboxylic acids is 2. The van der Waals surface area contributed by atoms with Crippen LogP contribution in [0.3, 0.4) is 0 Å². The molecule has 0 saturated carbocycles. The smallest absolute Gasteiger partial charge is 0.475 e. The number of rotatable bonds is 4. The first-order valence-corrected chi connectivity index (χ1v) is 11.9. The molecule has 206 valence electrons. The largest absolute Gasteiger partial charge is 0.490 e. The number of piperidine rings is 1. The maximum atomic E-state index is 10.6. The Labute approximate surface area is 212 Å². The Morgan fingerprint density at radius 3 is 1.89 bits per heavy atom. The van der Waals surface area contributed by atoms with Gasteiger partial charge >= 0.3 is 24.3 Å². The van der Waals surface area contributed by atoms with E-state index in [-0.39, 0.29) is 0 Å². The number of aliphatic carboxylic acids is 2. The van der Waals surface area contributed by atoms with Gasteiger partial charge in [0, 0.05) is 37.1 Å². The standard InChI is InChI=1S/C18H24N4S.2C2HF3O2/c1-2-16(12-19-6-1)13-22-10-5-18(15-22)3-8-21(9-4-18)14-17-20-7-11-23-17;2*3-2(4,5)1(6)7/h1-2,6-7,11-12H,3-5,8-10,13-15H2;2*(H,6,7). The zero-order valence-corrected chi connectivity index (χ0v) is 20.3. The first kappa shape index (κ1) is 30.4. The van der Waals surface area contributed by atoms with Crippen LogP contribution in [-0.4, -0.2) is 80.5 Å². The topological polar surface area (TPSA) is 107 Å². The second kappa shape index (κ2) is 13.1. The lowest BCUT2D eigenvalue weighted by atomic mass is 9.78. The van der Waals surface area contributed by atoms with Crippen molar-refractivity contribution in [2.75, 3.05) is 26.2 Å². The van der Waals surface area contributed by atoms with Crippen molar-refractivity contribution in [3.63, 3.8) is 0 Å². The third-order valence-electron chi connectivity index (χ3n) is 5.89. The summed E-state index contributed by atoms with van der Waals surface area (Å²) in [5, 5.41) is 17.6. The van der Waals surface area contributed by atoms with Crippen molar-refractivity contribution in [2.45, 2.75) is 44.7 Å². The second-order valence-electron chi connectivity index (χ2n) is 8.63. The predicted molar refractivity (Wildman–Crippen MR) is 121 cm³/mol. The number of pyridine rings is 1. The molecule has 0 bridgehead atoms. The predicted octanol–water partition coefficient (Wildman–Crippen LogP) is 4.29. The highest BCUT2D eigenvalue weighted by atomic mass is 32.1. The van der Waals surface area contributed by atoms with Gasteiger partial charge in [-0.05, 0) is 55.9 Å². The Hall–Kier alpha value is -2.78. The number of nitrogens with zero attached hydrogens (tertiary/aromatic N) is 4. The molecule has 37 heavy (non-hydrogen) atoms. The number of hydrogen-bond acceptors (Lipinski definition) is 7. The molecule has 4 rings (SSSR count). The van der Waals surface area contributed by atoms with Crippen LogP contribution in [0.1, 0.15) is 29.8 Å². The van der Waals surface area contributed by atoms with Gasteiger partial charge in [0.25, 0.3) is 0 Å². The molecule has 2 aromatic rings. The molecule has 2 aromatic heterocycles. The van der Waals surface area contributed by atoms with Gasteiger partial charge < -0.3 is 10.2 Å². The number of carboxylic acid groups (broad SMARTS) is 2. The molecule has 0 unspecified atom stereocenters. The Bertz CT molecular complexity index is 957. The van der Waals surface area contributed by atoms with Crippen LogP contribution >= 0.6 is 11.3 Å². The van der Waals surface area contributed by atoms with Gasteiger partial charge in [0.2, 0.25) is 0 Å². The Balaban J connectivity index is 0.000000286. The monoisotopic (exact) mass is 556 g/mol. The summed E-state index contributed by atoms with van der Waals surface area (Å²) in [6, 6.07) is 4.23. The number of likely N-dealkylation sites (tertiary alicyclic amines) is 2. The van der Waals surface area contributed by atoms with Crippen LogP contribution in [-0.2, 0) is 22.7 Å². The van der Waals surface area contributed by atoms with Crippen LogP contribution in [0.15, 0.2) is 36.1 Å². The lowest BCUT2D eigenvalue weighted by molar-refractivity contribution is -0.193. The summed E-state index contributed by atoms with van der Waals surface area (Å²) in [6.45, 7) is 7.03. The molecule has 4 heterocycles. The molecule has 2 saturated heterocycles. The van der Waals surface area contributed by atoms with Crippen molar-refractivity contribution < 1.29 is 46.1 Å². The molecular weight excluding hydrogens is 530 g/mol. The molecule has 2 N–H and O–H groups in total. The van der Waals surface area contributed by atoms with Gasteiger partial charge in [-0.3, -0.25) is 14.8 Å². The van der Waals surface area contributed by atoms with Gasteiger partial charge in [-0.2, -0.15) is 26.3 Å². The summed E-state index contributed by atoms with van der Waals surface area (Å²) in [5.41, 5.74) is 1.90. The Morgan fingerprint density at radius 1 is 0.919 bits per heavy atom. The fourth-order valence-corrected chi connectivity index (χ4v) is 4.69. The molecular formula is C22H26F6N4O4S. The number of aromatic nitrogens is 2. The van der Waals surface area contributed by atoms with Gasteiger partial charge in [-0.1, -0.05) is 6.07 Å². The normalized spacial score (nSPS) is 17.9. The summed E-state index contributed by atoms with van der Waals surface area (Å²) in [5.74, 6) is -5.51. The van der Waals surface area contributed by atoms with E-state index < -0.39 is 24.3 Å². The molecule has 0 amide bonds. The fraction of sp³-hybridized carbons (Fsp3) is 0.545. The van der Waals surface area contributed by atoms with E-state index in [1.165, 1.54) is 56.0 Å². The first-order chi connectivity index (χ1) is 17.2. The highest BCUT2D eigenvalue weighted by Gasteiger charge is 2.40. The van der Waals surface area contributed by atoms with Crippen LogP contribution in [0.4, 0.5) is 26.3 Å². The van der Waals surface area contributed by atoms with Crippen molar-refractivity contribution in [3.8, 4) is 0 Å². The van der Waals surface area contributed by atoms with Crippen LogP contribution in [0.2, 0.25) is 0 Å². The second-order valence-corrected chi connectivity index (χ2v) is 9.61. The fourth-order valence-electron chi connectivity index (χ4n) is 4.03. The number of hydrogen-bond donors (Lipinski definition) is 2. The van der Waals surface area contributed by atoms with Crippen LogP contribution < -0.4 is 0 Å². The quantitative estimate of drug-likeness (QED) is 0.538. The first-order valence-electron chi connectivity index (χ1n) is 11.0. The van der Waals surface area contributed by atoms with Crippen molar-refractivity contribution >= 4 is 23.3 Å². The minimum Gasteiger partial charge on any atom is -0.475 e. The van der Waals surface area contributed by atoms with Gasteiger partial charge in [0.05, 0.1) is 6.54 Å². The summed E-state index contributed by atoms with van der Waals surface area (Å²) in [6.07, 6.45) is -0.365. The van der Waals surface area contributed by atoms with E-state index >= 15 is 0 Å². The molecule has 0 radical (unpaired) electrons. The van der Waals surface area contributed by atoms with Crippen molar-refractivity contribution in [3.05, 3.63) is 46.7 Å². The van der Waals surface area contributed by atoms with Crippen LogP contribution in [0.5, 0.6) is 0 Å². The van der Waals surface area contributed by atoms with Crippen LogP contribution in [0, 0.1) is 5.41 Å². The molecule has 2 aliphatic heterocycles. The molecule has 1 spiro atoms. The summed E-state index contributed by atoms with van der Waals surface area (Å²) in [7, 11) is 0. The van der Waals surface area contributed by atoms with Crippen molar-refractivity contribution in [1.82, 2.24) is 19.8 Å². The zero-order valence-electron chi connectivity index (χ0n) is 19.5. The number of alkyl halides is 6. The highest BCUT2D eigenvalue weighted by molar-refractivity contribution is 7.09. The molecule has 0 aliphatic carbocycles. The van der Waals surface area contributed by atoms with E-state index in [1.54, 1.807) is 11.3 Å².